The van der Waals surface area contributed by atoms with Crippen molar-refractivity contribution < 1.29 is 14.4 Å². The van der Waals surface area contributed by atoms with Gasteiger partial charge < -0.3 is 16.4 Å². The summed E-state index contributed by atoms with van der Waals surface area (Å²) in [6, 6.07) is 3.18. The van der Waals surface area contributed by atoms with Crippen molar-refractivity contribution >= 4 is 40.9 Å². The number of nitrogens with two attached hydrogens (primary N) is 1. The third kappa shape index (κ3) is 5.69. The molecule has 0 unspecified atom stereocenters. The van der Waals surface area contributed by atoms with Crippen molar-refractivity contribution in [2.45, 2.75) is 39.3 Å². The molecular weight excluding hydrogens is 353 g/mol. The van der Waals surface area contributed by atoms with Gasteiger partial charge in [0.1, 0.15) is 12.1 Å². The highest BCUT2D eigenvalue weighted by Crippen LogP contribution is 2.25. The Labute approximate surface area is 151 Å². The lowest BCUT2D eigenvalue weighted by molar-refractivity contribution is -0.131. The van der Waals surface area contributed by atoms with Gasteiger partial charge >= 0.3 is 0 Å². The number of hydrogen-bond donors (Lipinski definition) is 3. The number of halogens is 2. The Morgan fingerprint density at radius 2 is 1.67 bits per heavy atom. The van der Waals surface area contributed by atoms with E-state index in [0.717, 1.165) is 0 Å². The zero-order valence-electron chi connectivity index (χ0n) is 13.7. The largest absolute Gasteiger partial charge is 0.368 e. The third-order valence-electron chi connectivity index (χ3n) is 3.44. The van der Waals surface area contributed by atoms with Crippen LogP contribution in [0.4, 0.5) is 0 Å². The van der Waals surface area contributed by atoms with Crippen molar-refractivity contribution in [1.82, 2.24) is 10.6 Å². The Bertz CT molecular complexity index is 615. The van der Waals surface area contributed by atoms with E-state index in [2.05, 4.69) is 10.6 Å². The minimum absolute atomic E-state index is 0.0600. The lowest BCUT2D eigenvalue weighted by Gasteiger charge is -2.24. The first-order chi connectivity index (χ1) is 11.1. The summed E-state index contributed by atoms with van der Waals surface area (Å²) >= 11 is 12.2. The lowest BCUT2D eigenvalue weighted by Crippen LogP contribution is -2.55. The Hall–Kier alpha value is -1.79. The van der Waals surface area contributed by atoms with E-state index >= 15 is 0 Å². The van der Waals surface area contributed by atoms with Gasteiger partial charge in [-0.1, -0.05) is 43.1 Å². The van der Waals surface area contributed by atoms with Crippen molar-refractivity contribution in [2.24, 2.45) is 11.7 Å². The van der Waals surface area contributed by atoms with Crippen LogP contribution in [0, 0.1) is 5.92 Å². The van der Waals surface area contributed by atoms with E-state index in [-0.39, 0.29) is 18.2 Å². The van der Waals surface area contributed by atoms with Crippen LogP contribution in [0.25, 0.3) is 0 Å². The molecule has 0 saturated heterocycles. The third-order valence-corrected chi connectivity index (χ3v) is 4.15. The average molecular weight is 374 g/mol. The van der Waals surface area contributed by atoms with Crippen LogP contribution >= 0.6 is 23.2 Å². The van der Waals surface area contributed by atoms with E-state index in [1.54, 1.807) is 32.0 Å². The summed E-state index contributed by atoms with van der Waals surface area (Å²) in [6.07, 6.45) is 0.0600. The number of carbonyl (C=O) groups is 3. The Balaban J connectivity index is 2.95. The first-order valence-electron chi connectivity index (χ1n) is 7.43. The van der Waals surface area contributed by atoms with Crippen molar-refractivity contribution in [3.8, 4) is 0 Å². The monoisotopic (exact) mass is 373 g/mol. The molecule has 132 valence electrons. The summed E-state index contributed by atoms with van der Waals surface area (Å²) in [5.41, 5.74) is 5.90. The molecule has 1 aromatic rings. The van der Waals surface area contributed by atoms with Gasteiger partial charge in [0.25, 0.3) is 0 Å². The second-order valence-electron chi connectivity index (χ2n) is 5.79. The number of carbonyl (C=O) groups excluding carboxylic acids is 3. The van der Waals surface area contributed by atoms with E-state index < -0.39 is 23.9 Å². The molecule has 2 atom stereocenters. The van der Waals surface area contributed by atoms with E-state index in [9.17, 15) is 14.4 Å². The SMILES string of the molecule is CC(=O)N[C@@H](C(=O)N[C@H](Cc1c(Cl)cccc1Cl)C(N)=O)C(C)C. The number of benzene rings is 1. The van der Waals surface area contributed by atoms with Crippen LogP contribution in [0.3, 0.4) is 0 Å². The average Bonchev–Trinajstić information content (AvgIpc) is 2.46. The normalized spacial score (nSPS) is 13.2. The number of rotatable bonds is 7. The molecule has 0 aliphatic rings. The molecule has 0 aliphatic heterocycles. The zero-order chi connectivity index (χ0) is 18.4. The molecule has 8 heteroatoms. The van der Waals surface area contributed by atoms with Gasteiger partial charge in [0.15, 0.2) is 0 Å². The molecule has 0 bridgehead atoms. The molecular formula is C16H21Cl2N3O3. The summed E-state index contributed by atoms with van der Waals surface area (Å²) in [5, 5.41) is 5.88. The second kappa shape index (κ2) is 8.89. The van der Waals surface area contributed by atoms with Gasteiger partial charge in [0.2, 0.25) is 17.7 Å². The maximum atomic E-state index is 12.4. The minimum Gasteiger partial charge on any atom is -0.368 e. The van der Waals surface area contributed by atoms with Gasteiger partial charge in [-0.05, 0) is 23.6 Å². The van der Waals surface area contributed by atoms with Crippen LogP contribution in [0.5, 0.6) is 0 Å². The maximum Gasteiger partial charge on any atom is 0.243 e. The number of amides is 3. The van der Waals surface area contributed by atoms with Gasteiger partial charge in [-0.15, -0.1) is 0 Å². The molecule has 1 aromatic carbocycles. The molecule has 1 rings (SSSR count). The van der Waals surface area contributed by atoms with Gasteiger partial charge in [-0.3, -0.25) is 14.4 Å². The molecule has 0 aliphatic carbocycles. The highest BCUT2D eigenvalue weighted by molar-refractivity contribution is 6.36. The van der Waals surface area contributed by atoms with Crippen LogP contribution in [0.2, 0.25) is 10.0 Å². The van der Waals surface area contributed by atoms with E-state index in [4.69, 9.17) is 28.9 Å². The topological polar surface area (TPSA) is 101 Å². The van der Waals surface area contributed by atoms with Crippen molar-refractivity contribution in [3.05, 3.63) is 33.8 Å². The molecule has 24 heavy (non-hydrogen) atoms. The summed E-state index contributed by atoms with van der Waals surface area (Å²) in [5.74, 6) is -1.71. The molecule has 3 amide bonds. The van der Waals surface area contributed by atoms with Gasteiger partial charge in [0.05, 0.1) is 0 Å². The first kappa shape index (κ1) is 20.3. The smallest absolute Gasteiger partial charge is 0.243 e. The van der Waals surface area contributed by atoms with E-state index in [1.807, 2.05) is 0 Å². The van der Waals surface area contributed by atoms with Gasteiger partial charge in [-0.2, -0.15) is 0 Å². The lowest BCUT2D eigenvalue weighted by atomic mass is 10.0. The van der Waals surface area contributed by atoms with Crippen molar-refractivity contribution in [1.29, 1.82) is 0 Å². The fraction of sp³-hybridized carbons (Fsp3) is 0.438. The first-order valence-corrected chi connectivity index (χ1v) is 8.18. The standard InChI is InChI=1S/C16H21Cl2N3O3/c1-8(2)14(20-9(3)22)16(24)21-13(15(19)23)7-10-11(17)5-4-6-12(10)18/h4-6,8,13-14H,7H2,1-3H3,(H2,19,23)(H,20,22)(H,21,24)/t13-,14-/m1/s1. The summed E-state index contributed by atoms with van der Waals surface area (Å²) < 4.78 is 0. The van der Waals surface area contributed by atoms with Crippen molar-refractivity contribution in [2.75, 3.05) is 0 Å². The van der Waals surface area contributed by atoms with Gasteiger partial charge in [-0.25, -0.2) is 0 Å². The van der Waals surface area contributed by atoms with E-state index in [1.165, 1.54) is 6.92 Å². The second-order valence-corrected chi connectivity index (χ2v) is 6.60. The summed E-state index contributed by atoms with van der Waals surface area (Å²) in [6.45, 7) is 4.88. The number of hydrogen-bond acceptors (Lipinski definition) is 3. The van der Waals surface area contributed by atoms with Crippen molar-refractivity contribution in [3.63, 3.8) is 0 Å². The fourth-order valence-electron chi connectivity index (χ4n) is 2.17. The van der Waals surface area contributed by atoms with Gasteiger partial charge in [0, 0.05) is 23.4 Å². The quantitative estimate of drug-likeness (QED) is 0.677. The molecule has 0 spiro atoms. The molecule has 0 radical (unpaired) electrons. The Morgan fingerprint density at radius 1 is 1.12 bits per heavy atom. The van der Waals surface area contributed by atoms with Crippen LogP contribution in [0.15, 0.2) is 18.2 Å². The molecule has 0 heterocycles. The number of primary amides is 1. The molecule has 0 saturated carbocycles. The molecule has 4 N–H and O–H groups in total. The molecule has 0 aromatic heterocycles. The predicted molar refractivity (Wildman–Crippen MR) is 93.7 cm³/mol. The molecule has 6 nitrogen and oxygen atoms in total. The fourth-order valence-corrected chi connectivity index (χ4v) is 2.72. The maximum absolute atomic E-state index is 12.4. The molecule has 0 fully saturated rings. The van der Waals surface area contributed by atoms with Crippen LogP contribution in [-0.2, 0) is 20.8 Å². The highest BCUT2D eigenvalue weighted by atomic mass is 35.5. The van der Waals surface area contributed by atoms with Crippen LogP contribution in [-0.4, -0.2) is 29.8 Å². The summed E-state index contributed by atoms with van der Waals surface area (Å²) in [4.78, 5) is 35.4. The Kier molecular flexibility index (Phi) is 7.51. The number of nitrogens with one attached hydrogen (secondary N) is 2. The zero-order valence-corrected chi connectivity index (χ0v) is 15.2. The summed E-state index contributed by atoms with van der Waals surface area (Å²) in [7, 11) is 0. The minimum atomic E-state index is -0.995. The highest BCUT2D eigenvalue weighted by Gasteiger charge is 2.28. The van der Waals surface area contributed by atoms with Crippen LogP contribution in [0.1, 0.15) is 26.3 Å². The predicted octanol–water partition coefficient (Wildman–Crippen LogP) is 1.67. The van der Waals surface area contributed by atoms with E-state index in [0.29, 0.717) is 15.6 Å². The van der Waals surface area contributed by atoms with Crippen LogP contribution < -0.4 is 16.4 Å². The Morgan fingerprint density at radius 3 is 2.08 bits per heavy atom.